The maximum Gasteiger partial charge on any atom is 0.417 e. The molecule has 0 bridgehead atoms. The maximum absolute atomic E-state index is 12.6. The van der Waals surface area contributed by atoms with Crippen molar-refractivity contribution in [3.8, 4) is 0 Å². The Kier molecular flexibility index (Phi) is 3.73. The zero-order valence-corrected chi connectivity index (χ0v) is 8.77. The van der Waals surface area contributed by atoms with Gasteiger partial charge in [0.1, 0.15) is 5.69 Å². The predicted octanol–water partition coefficient (Wildman–Crippen LogP) is 2.12. The van der Waals surface area contributed by atoms with Gasteiger partial charge in [-0.25, -0.2) is 13.6 Å². The van der Waals surface area contributed by atoms with Crippen LogP contribution in [0.2, 0.25) is 0 Å². The summed E-state index contributed by atoms with van der Waals surface area (Å²) in [7, 11) is 0.788. The van der Waals surface area contributed by atoms with Gasteiger partial charge in [-0.3, -0.25) is 4.79 Å². The predicted molar refractivity (Wildman–Crippen MR) is 48.4 cm³/mol. The number of H-pyrrole nitrogens is 1. The number of hydrogen-bond acceptors (Lipinski definition) is 3. The summed E-state index contributed by atoms with van der Waals surface area (Å²) in [5.74, 6) is -1.48. The Morgan fingerprint density at radius 1 is 1.39 bits per heavy atom. The number of halogens is 5. The average Bonchev–Trinajstić information content (AvgIpc) is 2.25. The second kappa shape index (κ2) is 4.75. The van der Waals surface area contributed by atoms with Crippen LogP contribution in [0.5, 0.6) is 0 Å². The third kappa shape index (κ3) is 2.66. The summed E-state index contributed by atoms with van der Waals surface area (Å²) >= 11 is 0. The highest BCUT2D eigenvalue weighted by molar-refractivity contribution is 5.89. The Labute approximate surface area is 96.4 Å². The number of carbonyl (C=O) groups excluding carboxylic acids is 1. The monoisotopic (exact) mass is 271 g/mol. The van der Waals surface area contributed by atoms with E-state index in [1.165, 1.54) is 0 Å². The first-order valence-electron chi connectivity index (χ1n) is 4.39. The molecule has 1 aromatic rings. The van der Waals surface area contributed by atoms with E-state index in [1.54, 1.807) is 4.98 Å². The molecule has 1 heterocycles. The Hall–Kier alpha value is -1.93. The van der Waals surface area contributed by atoms with Crippen LogP contribution in [0.25, 0.3) is 0 Å². The van der Waals surface area contributed by atoms with Crippen molar-refractivity contribution in [3.63, 3.8) is 0 Å². The van der Waals surface area contributed by atoms with Gasteiger partial charge >= 0.3 is 12.1 Å². The number of aromatic nitrogens is 1. The largest absolute Gasteiger partial charge is 0.464 e. The van der Waals surface area contributed by atoms with Crippen LogP contribution < -0.4 is 5.56 Å². The van der Waals surface area contributed by atoms with Crippen LogP contribution in [0.4, 0.5) is 22.0 Å². The van der Waals surface area contributed by atoms with Crippen LogP contribution in [0.1, 0.15) is 28.0 Å². The third-order valence-electron chi connectivity index (χ3n) is 2.00. The summed E-state index contributed by atoms with van der Waals surface area (Å²) in [5, 5.41) is 0. The minimum absolute atomic E-state index is 0.0338. The summed E-state index contributed by atoms with van der Waals surface area (Å²) < 4.78 is 66.8. The first-order chi connectivity index (χ1) is 8.18. The molecule has 0 saturated carbocycles. The fourth-order valence-corrected chi connectivity index (χ4v) is 1.29. The van der Waals surface area contributed by atoms with Crippen molar-refractivity contribution in [1.29, 1.82) is 0 Å². The lowest BCUT2D eigenvalue weighted by atomic mass is 10.1. The fraction of sp³-hybridized carbons (Fsp3) is 0.333. The molecule has 18 heavy (non-hydrogen) atoms. The number of alkyl halides is 5. The zero-order chi connectivity index (χ0) is 14.1. The Morgan fingerprint density at radius 2 is 1.94 bits per heavy atom. The number of esters is 1. The molecule has 0 spiro atoms. The molecule has 0 aromatic carbocycles. The van der Waals surface area contributed by atoms with Gasteiger partial charge in [-0.1, -0.05) is 0 Å². The number of methoxy groups -OCH3 is 1. The van der Waals surface area contributed by atoms with Crippen LogP contribution in [0, 0.1) is 0 Å². The average molecular weight is 271 g/mol. The number of aromatic amines is 1. The molecule has 1 N–H and O–H groups in total. The number of carbonyl (C=O) groups is 1. The Bertz CT molecular complexity index is 520. The summed E-state index contributed by atoms with van der Waals surface area (Å²) in [4.78, 5) is 23.6. The topological polar surface area (TPSA) is 59.2 Å². The zero-order valence-electron chi connectivity index (χ0n) is 8.77. The molecule has 0 amide bonds. The number of rotatable bonds is 2. The SMILES string of the molecule is COC(=O)c1[nH]c(=O)cc(C(F)(F)F)c1C(F)F. The lowest BCUT2D eigenvalue weighted by molar-refractivity contribution is -0.139. The van der Waals surface area contributed by atoms with E-state index in [1.807, 2.05) is 0 Å². The van der Waals surface area contributed by atoms with Crippen molar-refractivity contribution in [3.05, 3.63) is 33.2 Å². The molecule has 0 aliphatic heterocycles. The number of hydrogen-bond donors (Lipinski definition) is 1. The summed E-state index contributed by atoms with van der Waals surface area (Å²) in [5.41, 5.74) is -5.99. The molecule has 0 unspecified atom stereocenters. The lowest BCUT2D eigenvalue weighted by Gasteiger charge is -2.14. The third-order valence-corrected chi connectivity index (χ3v) is 2.00. The summed E-state index contributed by atoms with van der Waals surface area (Å²) in [6.07, 6.45) is -8.77. The highest BCUT2D eigenvalue weighted by Crippen LogP contribution is 2.36. The molecule has 0 aliphatic rings. The maximum atomic E-state index is 12.6. The molecule has 4 nitrogen and oxygen atoms in total. The molecule has 9 heteroatoms. The van der Waals surface area contributed by atoms with Crippen molar-refractivity contribution < 1.29 is 31.5 Å². The van der Waals surface area contributed by atoms with Gasteiger partial charge < -0.3 is 9.72 Å². The lowest BCUT2D eigenvalue weighted by Crippen LogP contribution is -2.23. The van der Waals surface area contributed by atoms with E-state index >= 15 is 0 Å². The van der Waals surface area contributed by atoms with Gasteiger partial charge in [0.05, 0.1) is 18.2 Å². The summed E-state index contributed by atoms with van der Waals surface area (Å²) in [6, 6.07) is -0.0338. The Morgan fingerprint density at radius 3 is 2.33 bits per heavy atom. The highest BCUT2D eigenvalue weighted by atomic mass is 19.4. The molecule has 0 aliphatic carbocycles. The van der Waals surface area contributed by atoms with E-state index in [0.717, 1.165) is 7.11 Å². The van der Waals surface area contributed by atoms with Gasteiger partial charge in [-0.05, 0) is 0 Å². The smallest absolute Gasteiger partial charge is 0.417 e. The molecule has 1 aromatic heterocycles. The summed E-state index contributed by atoms with van der Waals surface area (Å²) in [6.45, 7) is 0. The molecule has 0 fully saturated rings. The normalized spacial score (nSPS) is 11.7. The molecule has 0 atom stereocenters. The van der Waals surface area contributed by atoms with Crippen LogP contribution in [0.15, 0.2) is 10.9 Å². The quantitative estimate of drug-likeness (QED) is 0.662. The van der Waals surface area contributed by atoms with Gasteiger partial charge in [0.2, 0.25) is 5.56 Å². The van der Waals surface area contributed by atoms with Crippen molar-refractivity contribution in [2.24, 2.45) is 0 Å². The van der Waals surface area contributed by atoms with Crippen LogP contribution in [-0.2, 0) is 10.9 Å². The second-order valence-electron chi connectivity index (χ2n) is 3.13. The molecular weight excluding hydrogens is 265 g/mol. The standard InChI is InChI=1S/C9H6F5NO3/c1-18-8(17)6-5(7(10)11)3(9(12,13)14)2-4(16)15-6/h2,7H,1H3,(H,15,16). The van der Waals surface area contributed by atoms with Crippen LogP contribution >= 0.6 is 0 Å². The first kappa shape index (κ1) is 14.1. The van der Waals surface area contributed by atoms with Gasteiger partial charge in [-0.15, -0.1) is 0 Å². The number of ether oxygens (including phenoxy) is 1. The van der Waals surface area contributed by atoms with E-state index in [9.17, 15) is 31.5 Å². The van der Waals surface area contributed by atoms with Crippen molar-refractivity contribution in [2.75, 3.05) is 7.11 Å². The van der Waals surface area contributed by atoms with Crippen molar-refractivity contribution >= 4 is 5.97 Å². The van der Waals surface area contributed by atoms with Gasteiger partial charge in [0.15, 0.2) is 0 Å². The number of pyridine rings is 1. The minimum Gasteiger partial charge on any atom is -0.464 e. The Balaban J connectivity index is 3.67. The van der Waals surface area contributed by atoms with E-state index in [2.05, 4.69) is 4.74 Å². The van der Waals surface area contributed by atoms with Crippen LogP contribution in [0.3, 0.4) is 0 Å². The first-order valence-corrected chi connectivity index (χ1v) is 4.39. The van der Waals surface area contributed by atoms with Crippen LogP contribution in [-0.4, -0.2) is 18.1 Å². The van der Waals surface area contributed by atoms with Crippen molar-refractivity contribution in [2.45, 2.75) is 12.6 Å². The van der Waals surface area contributed by atoms with E-state index in [0.29, 0.717) is 0 Å². The fourth-order valence-electron chi connectivity index (χ4n) is 1.29. The van der Waals surface area contributed by atoms with E-state index in [4.69, 9.17) is 0 Å². The molecular formula is C9H6F5NO3. The highest BCUT2D eigenvalue weighted by Gasteiger charge is 2.39. The van der Waals surface area contributed by atoms with E-state index in [-0.39, 0.29) is 6.07 Å². The second-order valence-corrected chi connectivity index (χ2v) is 3.13. The number of nitrogens with one attached hydrogen (secondary N) is 1. The van der Waals surface area contributed by atoms with Gasteiger partial charge in [-0.2, -0.15) is 13.2 Å². The van der Waals surface area contributed by atoms with E-state index < -0.39 is 41.0 Å². The minimum atomic E-state index is -5.18. The van der Waals surface area contributed by atoms with Crippen molar-refractivity contribution in [1.82, 2.24) is 4.98 Å². The van der Waals surface area contributed by atoms with Gasteiger partial charge in [0, 0.05) is 6.07 Å². The molecule has 1 rings (SSSR count). The molecule has 100 valence electrons. The van der Waals surface area contributed by atoms with Gasteiger partial charge in [0.25, 0.3) is 6.43 Å². The molecule has 0 radical (unpaired) electrons. The molecule has 0 saturated heterocycles.